The lowest BCUT2D eigenvalue weighted by molar-refractivity contribution is 0.660. The summed E-state index contributed by atoms with van der Waals surface area (Å²) < 4.78 is 4.84. The highest BCUT2D eigenvalue weighted by molar-refractivity contribution is 6.35. The number of fused-ring (bicyclic) bond motifs is 13. The number of rotatable bonds is 2. The predicted molar refractivity (Wildman–Crippen MR) is 247 cm³/mol. The number of para-hydroxylation sites is 1. The summed E-state index contributed by atoms with van der Waals surface area (Å²) in [4.78, 5) is 11.2. The third-order valence-electron chi connectivity index (χ3n) is 13.6. The van der Waals surface area contributed by atoms with Crippen LogP contribution in [0.4, 0.5) is 0 Å². The Morgan fingerprint density at radius 1 is 0.424 bits per heavy atom. The van der Waals surface area contributed by atoms with Crippen molar-refractivity contribution in [3.8, 4) is 28.3 Å². The van der Waals surface area contributed by atoms with Crippen molar-refractivity contribution >= 4 is 92.3 Å². The molecular weight excluding hydrogens is 717 g/mol. The Bertz CT molecular complexity index is 3990. The van der Waals surface area contributed by atoms with E-state index in [1.807, 2.05) is 0 Å². The Morgan fingerprint density at radius 2 is 1.10 bits per heavy atom. The molecule has 4 heterocycles. The fraction of sp³-hybridized carbons (Fsp3) is 0.0545. The fourth-order valence-corrected chi connectivity index (χ4v) is 11.0. The zero-order valence-corrected chi connectivity index (χ0v) is 32.5. The Labute approximate surface area is 338 Å². The van der Waals surface area contributed by atoms with E-state index in [2.05, 4.69) is 193 Å². The lowest BCUT2D eigenvalue weighted by atomic mass is 9.82. The molecule has 0 saturated heterocycles. The Morgan fingerprint density at radius 3 is 2.00 bits per heavy atom. The summed E-state index contributed by atoms with van der Waals surface area (Å²) in [6.45, 7) is 4.69. The van der Waals surface area contributed by atoms with E-state index in [1.54, 1.807) is 0 Å². The number of hydrogen-bond donors (Lipinski definition) is 0. The number of hydrogen-bond acceptors (Lipinski definition) is 2. The first-order chi connectivity index (χ1) is 29.0. The SMILES string of the molecule is CC1(C)c2ccccc2-c2ccc(-c3nc(-n4c5cccc6c7cc8ccccc8c8c9ccccc9n(c9cccc4c9c65)c78)nc4c3ccc3ccccc34)cc21. The van der Waals surface area contributed by atoms with Gasteiger partial charge in [-0.05, 0) is 86.3 Å². The van der Waals surface area contributed by atoms with E-state index in [4.69, 9.17) is 9.97 Å². The normalized spacial score (nSPS) is 13.7. The van der Waals surface area contributed by atoms with E-state index >= 15 is 0 Å². The molecule has 274 valence electrons. The van der Waals surface area contributed by atoms with Crippen LogP contribution in [0.15, 0.2) is 170 Å². The van der Waals surface area contributed by atoms with Gasteiger partial charge in [0.1, 0.15) is 0 Å². The first kappa shape index (κ1) is 31.5. The maximum atomic E-state index is 5.66. The summed E-state index contributed by atoms with van der Waals surface area (Å²) in [6, 6.07) is 62.5. The summed E-state index contributed by atoms with van der Waals surface area (Å²) >= 11 is 0. The summed E-state index contributed by atoms with van der Waals surface area (Å²) in [5.74, 6) is 0.669. The van der Waals surface area contributed by atoms with E-state index < -0.39 is 0 Å². The van der Waals surface area contributed by atoms with Gasteiger partial charge < -0.3 is 4.40 Å². The molecule has 0 spiro atoms. The maximum Gasteiger partial charge on any atom is 0.235 e. The molecule has 0 aliphatic heterocycles. The summed E-state index contributed by atoms with van der Waals surface area (Å²) in [5, 5.41) is 13.3. The zero-order chi connectivity index (χ0) is 38.7. The second kappa shape index (κ2) is 10.9. The van der Waals surface area contributed by atoms with Gasteiger partial charge in [-0.3, -0.25) is 4.57 Å². The molecule has 1 aliphatic carbocycles. The molecular formula is C55H34N4. The highest BCUT2D eigenvalue weighted by atomic mass is 15.2. The van der Waals surface area contributed by atoms with Gasteiger partial charge >= 0.3 is 0 Å². The Balaban J connectivity index is 1.14. The Hall–Kier alpha value is -7.56. The van der Waals surface area contributed by atoms with Gasteiger partial charge in [0.15, 0.2) is 0 Å². The average Bonchev–Trinajstić information content (AvgIpc) is 3.86. The van der Waals surface area contributed by atoms with Crippen LogP contribution in [0.3, 0.4) is 0 Å². The van der Waals surface area contributed by atoms with Gasteiger partial charge in [-0.15, -0.1) is 0 Å². The first-order valence-electron chi connectivity index (χ1n) is 20.5. The van der Waals surface area contributed by atoms with Crippen molar-refractivity contribution < 1.29 is 0 Å². The predicted octanol–water partition coefficient (Wildman–Crippen LogP) is 14.2. The smallest absolute Gasteiger partial charge is 0.235 e. The van der Waals surface area contributed by atoms with Crippen molar-refractivity contribution in [1.82, 2.24) is 18.9 Å². The zero-order valence-electron chi connectivity index (χ0n) is 32.5. The van der Waals surface area contributed by atoms with E-state index in [-0.39, 0.29) is 5.41 Å². The highest BCUT2D eigenvalue weighted by Crippen LogP contribution is 2.50. The number of benzene rings is 9. The van der Waals surface area contributed by atoms with Gasteiger partial charge in [0.2, 0.25) is 5.95 Å². The molecule has 14 rings (SSSR count). The van der Waals surface area contributed by atoms with Gasteiger partial charge in [0, 0.05) is 48.7 Å². The molecule has 0 radical (unpaired) electrons. The molecule has 4 heteroatoms. The molecule has 0 unspecified atom stereocenters. The maximum absolute atomic E-state index is 5.66. The average molecular weight is 751 g/mol. The molecule has 4 nitrogen and oxygen atoms in total. The molecule has 9 aromatic carbocycles. The monoisotopic (exact) mass is 750 g/mol. The van der Waals surface area contributed by atoms with Crippen LogP contribution >= 0.6 is 0 Å². The second-order valence-corrected chi connectivity index (χ2v) is 16.9. The van der Waals surface area contributed by atoms with Crippen LogP contribution in [-0.4, -0.2) is 18.9 Å². The van der Waals surface area contributed by atoms with Gasteiger partial charge in [-0.2, -0.15) is 0 Å². The molecule has 59 heavy (non-hydrogen) atoms. The third-order valence-corrected chi connectivity index (χ3v) is 13.6. The summed E-state index contributed by atoms with van der Waals surface area (Å²) in [5.41, 5.74) is 14.0. The minimum atomic E-state index is -0.136. The molecule has 0 atom stereocenters. The topological polar surface area (TPSA) is 35.1 Å². The van der Waals surface area contributed by atoms with E-state index in [0.717, 1.165) is 44.0 Å². The van der Waals surface area contributed by atoms with Crippen molar-refractivity contribution in [3.63, 3.8) is 0 Å². The quantitative estimate of drug-likeness (QED) is 0.165. The lowest BCUT2D eigenvalue weighted by Crippen LogP contribution is -2.15. The van der Waals surface area contributed by atoms with Crippen LogP contribution in [0.25, 0.3) is 121 Å². The second-order valence-electron chi connectivity index (χ2n) is 16.9. The largest absolute Gasteiger partial charge is 0.308 e. The van der Waals surface area contributed by atoms with Gasteiger partial charge in [-0.25, -0.2) is 9.97 Å². The van der Waals surface area contributed by atoms with Crippen LogP contribution in [0, 0.1) is 0 Å². The van der Waals surface area contributed by atoms with Crippen LogP contribution in [0.2, 0.25) is 0 Å². The molecule has 0 bridgehead atoms. The minimum absolute atomic E-state index is 0.136. The van der Waals surface area contributed by atoms with Gasteiger partial charge in [-0.1, -0.05) is 141 Å². The van der Waals surface area contributed by atoms with Gasteiger partial charge in [0.25, 0.3) is 0 Å². The lowest BCUT2D eigenvalue weighted by Gasteiger charge is -2.22. The van der Waals surface area contributed by atoms with Crippen molar-refractivity contribution in [1.29, 1.82) is 0 Å². The number of aromatic nitrogens is 4. The van der Waals surface area contributed by atoms with Gasteiger partial charge in [0.05, 0.1) is 38.8 Å². The fourth-order valence-electron chi connectivity index (χ4n) is 11.0. The number of nitrogens with zero attached hydrogens (tertiary/aromatic N) is 4. The minimum Gasteiger partial charge on any atom is -0.308 e. The molecule has 0 fully saturated rings. The third kappa shape index (κ3) is 3.89. The van der Waals surface area contributed by atoms with E-state index in [1.165, 1.54) is 81.9 Å². The van der Waals surface area contributed by atoms with Crippen molar-refractivity contribution in [3.05, 3.63) is 181 Å². The van der Waals surface area contributed by atoms with Crippen LogP contribution in [0.5, 0.6) is 0 Å². The van der Waals surface area contributed by atoms with Crippen LogP contribution in [0.1, 0.15) is 25.0 Å². The molecule has 0 saturated carbocycles. The van der Waals surface area contributed by atoms with Crippen molar-refractivity contribution in [2.24, 2.45) is 0 Å². The molecule has 1 aliphatic rings. The molecule has 13 aromatic rings. The molecule has 0 amide bonds. The Kier molecular flexibility index (Phi) is 5.81. The van der Waals surface area contributed by atoms with E-state index in [9.17, 15) is 0 Å². The summed E-state index contributed by atoms with van der Waals surface area (Å²) in [7, 11) is 0. The molecule has 4 aromatic heterocycles. The van der Waals surface area contributed by atoms with Crippen LogP contribution < -0.4 is 0 Å². The molecule has 0 N–H and O–H groups in total. The van der Waals surface area contributed by atoms with Crippen molar-refractivity contribution in [2.45, 2.75) is 19.3 Å². The van der Waals surface area contributed by atoms with E-state index in [0.29, 0.717) is 5.95 Å². The highest BCUT2D eigenvalue weighted by Gasteiger charge is 2.35. The first-order valence-corrected chi connectivity index (χ1v) is 20.5. The van der Waals surface area contributed by atoms with Crippen molar-refractivity contribution in [2.75, 3.05) is 0 Å². The summed E-state index contributed by atoms with van der Waals surface area (Å²) in [6.07, 6.45) is 0. The standard InChI is InChI=1S/C55H34N4/c1-55(2)42-20-9-7-17-36(42)37-27-26-33(30-43(37)55)51-40-28-25-31-13-3-6-16-35(31)52(40)57-54(56-51)59-45-22-11-19-38-41-29-32-14-4-5-15-34(32)48-39-18-8-10-21-44(39)58(53(41)48)46-23-12-24-47(59)50(46)49(38)45/h3-30H,1-2H3. The van der Waals surface area contributed by atoms with Crippen LogP contribution in [-0.2, 0) is 5.41 Å².